The van der Waals surface area contributed by atoms with Gasteiger partial charge >= 0.3 is 0 Å². The van der Waals surface area contributed by atoms with Crippen molar-refractivity contribution < 1.29 is 9.59 Å². The maximum Gasteiger partial charge on any atom is 0.245 e. The maximum atomic E-state index is 12.2. The zero-order chi connectivity index (χ0) is 13.1. The van der Waals surface area contributed by atoms with E-state index in [0.717, 1.165) is 5.75 Å². The number of thioether (sulfide) groups is 1. The van der Waals surface area contributed by atoms with Crippen molar-refractivity contribution in [3.8, 4) is 0 Å². The largest absolute Gasteiger partial charge is 0.352 e. The second-order valence-corrected chi connectivity index (χ2v) is 5.68. The third-order valence-corrected chi connectivity index (χ3v) is 3.71. The van der Waals surface area contributed by atoms with Crippen molar-refractivity contribution in [2.24, 2.45) is 5.73 Å². The number of amides is 2. The average Bonchev–Trinajstić information content (AvgIpc) is 2.28. The van der Waals surface area contributed by atoms with Gasteiger partial charge in [-0.2, -0.15) is 11.8 Å². The minimum Gasteiger partial charge on any atom is -0.352 e. The first-order valence-corrected chi connectivity index (χ1v) is 7.15. The van der Waals surface area contributed by atoms with Gasteiger partial charge in [0.15, 0.2) is 0 Å². The van der Waals surface area contributed by atoms with Crippen LogP contribution in [0.3, 0.4) is 0 Å². The molecule has 3 N–H and O–H groups in total. The van der Waals surface area contributed by atoms with Gasteiger partial charge in [0.25, 0.3) is 0 Å². The van der Waals surface area contributed by atoms with Crippen LogP contribution in [0.5, 0.6) is 0 Å². The smallest absolute Gasteiger partial charge is 0.245 e. The molecule has 0 aliphatic carbocycles. The van der Waals surface area contributed by atoms with Crippen molar-refractivity contribution >= 4 is 23.6 Å². The predicted octanol–water partition coefficient (Wildman–Crippen LogP) is -0.196. The van der Waals surface area contributed by atoms with Gasteiger partial charge in [0.2, 0.25) is 11.8 Å². The van der Waals surface area contributed by atoms with E-state index in [-0.39, 0.29) is 11.8 Å². The number of carbonyl (C=O) groups excluding carboxylic acids is 2. The van der Waals surface area contributed by atoms with E-state index >= 15 is 0 Å². The summed E-state index contributed by atoms with van der Waals surface area (Å²) >= 11 is 1.66. The van der Waals surface area contributed by atoms with E-state index in [0.29, 0.717) is 19.5 Å². The van der Waals surface area contributed by atoms with Gasteiger partial charge in [-0.15, -0.1) is 0 Å². The maximum absolute atomic E-state index is 12.2. The van der Waals surface area contributed by atoms with Crippen molar-refractivity contribution in [1.29, 1.82) is 0 Å². The second kappa shape index (κ2) is 5.73. The quantitative estimate of drug-likeness (QED) is 0.733. The van der Waals surface area contributed by atoms with Crippen LogP contribution in [0.25, 0.3) is 0 Å². The average molecular weight is 259 g/mol. The molecule has 6 heteroatoms. The molecule has 0 spiro atoms. The zero-order valence-electron chi connectivity index (χ0n) is 10.7. The van der Waals surface area contributed by atoms with Crippen LogP contribution in [0.15, 0.2) is 0 Å². The Labute approximate surface area is 106 Å². The van der Waals surface area contributed by atoms with Crippen molar-refractivity contribution in [2.45, 2.75) is 31.8 Å². The van der Waals surface area contributed by atoms with Crippen LogP contribution in [-0.4, -0.2) is 53.4 Å². The molecular formula is C11H21N3O2S. The van der Waals surface area contributed by atoms with Crippen molar-refractivity contribution in [3.63, 3.8) is 0 Å². The number of piperazine rings is 1. The Kier molecular flexibility index (Phi) is 4.82. The number of hydrogen-bond acceptors (Lipinski definition) is 4. The fourth-order valence-electron chi connectivity index (χ4n) is 1.85. The van der Waals surface area contributed by atoms with E-state index in [9.17, 15) is 9.59 Å². The first-order chi connectivity index (χ1) is 7.91. The zero-order valence-corrected chi connectivity index (χ0v) is 11.5. The summed E-state index contributed by atoms with van der Waals surface area (Å²) in [6, 6.07) is -0.507. The minimum atomic E-state index is -0.799. The summed E-state index contributed by atoms with van der Waals surface area (Å²) in [4.78, 5) is 25.5. The van der Waals surface area contributed by atoms with Gasteiger partial charge < -0.3 is 16.0 Å². The second-order valence-electron chi connectivity index (χ2n) is 4.69. The SMILES string of the molecule is CSCC[C@@H](N)C(=O)N1CCNC(=O)C1(C)C. The molecule has 1 heterocycles. The summed E-state index contributed by atoms with van der Waals surface area (Å²) in [6.07, 6.45) is 2.63. The van der Waals surface area contributed by atoms with E-state index in [1.807, 2.05) is 6.26 Å². The Morgan fingerprint density at radius 2 is 2.29 bits per heavy atom. The van der Waals surface area contributed by atoms with Crippen LogP contribution in [0.2, 0.25) is 0 Å². The molecule has 0 aromatic heterocycles. The summed E-state index contributed by atoms with van der Waals surface area (Å²) in [5.74, 6) is 0.612. The Hall–Kier alpha value is -0.750. The molecule has 2 amide bonds. The van der Waals surface area contributed by atoms with Crippen molar-refractivity contribution in [1.82, 2.24) is 10.2 Å². The van der Waals surface area contributed by atoms with Gasteiger partial charge in [-0.1, -0.05) is 0 Å². The fraction of sp³-hybridized carbons (Fsp3) is 0.818. The first kappa shape index (κ1) is 14.3. The summed E-state index contributed by atoms with van der Waals surface area (Å²) in [5.41, 5.74) is 5.07. The number of rotatable bonds is 4. The molecule has 1 fully saturated rings. The Morgan fingerprint density at radius 3 is 2.88 bits per heavy atom. The normalized spacial score (nSPS) is 20.9. The van der Waals surface area contributed by atoms with E-state index in [2.05, 4.69) is 5.32 Å². The highest BCUT2D eigenvalue weighted by Crippen LogP contribution is 2.19. The molecule has 5 nitrogen and oxygen atoms in total. The Balaban J connectivity index is 2.70. The van der Waals surface area contributed by atoms with Crippen LogP contribution in [0.1, 0.15) is 20.3 Å². The standard InChI is InChI=1S/C11H21N3O2S/c1-11(2)10(16)13-5-6-14(11)9(15)8(12)4-7-17-3/h8H,4-7,12H2,1-3H3,(H,13,16)/t8-/m1/s1. The molecule has 0 unspecified atom stereocenters. The molecule has 1 saturated heterocycles. The van der Waals surface area contributed by atoms with E-state index in [4.69, 9.17) is 5.73 Å². The van der Waals surface area contributed by atoms with Crippen LogP contribution in [0, 0.1) is 0 Å². The lowest BCUT2D eigenvalue weighted by Gasteiger charge is -2.42. The Bertz CT molecular complexity index is 307. The molecule has 0 radical (unpaired) electrons. The molecule has 1 atom stereocenters. The minimum absolute atomic E-state index is 0.117. The third kappa shape index (κ3) is 3.13. The highest BCUT2D eigenvalue weighted by atomic mass is 32.2. The predicted molar refractivity (Wildman–Crippen MR) is 69.8 cm³/mol. The number of nitrogens with two attached hydrogens (primary N) is 1. The molecule has 0 bridgehead atoms. The lowest BCUT2D eigenvalue weighted by Crippen LogP contribution is -2.65. The Morgan fingerprint density at radius 1 is 1.65 bits per heavy atom. The highest BCUT2D eigenvalue weighted by molar-refractivity contribution is 7.98. The summed E-state index contributed by atoms with van der Waals surface area (Å²) in [7, 11) is 0. The topological polar surface area (TPSA) is 75.4 Å². The molecule has 98 valence electrons. The lowest BCUT2D eigenvalue weighted by atomic mass is 9.97. The number of nitrogens with zero attached hydrogens (tertiary/aromatic N) is 1. The molecule has 0 aromatic carbocycles. The van der Waals surface area contributed by atoms with Gasteiger partial charge in [-0.05, 0) is 32.3 Å². The van der Waals surface area contributed by atoms with E-state index in [1.54, 1.807) is 30.5 Å². The van der Waals surface area contributed by atoms with Crippen LogP contribution < -0.4 is 11.1 Å². The number of carbonyl (C=O) groups is 2. The third-order valence-electron chi connectivity index (χ3n) is 3.07. The summed E-state index contributed by atoms with van der Waals surface area (Å²) in [6.45, 7) is 4.54. The van der Waals surface area contributed by atoms with Crippen LogP contribution in [0.4, 0.5) is 0 Å². The lowest BCUT2D eigenvalue weighted by molar-refractivity contribution is -0.150. The molecule has 0 saturated carbocycles. The summed E-state index contributed by atoms with van der Waals surface area (Å²) < 4.78 is 0. The van der Waals surface area contributed by atoms with Gasteiger partial charge in [0, 0.05) is 13.1 Å². The van der Waals surface area contributed by atoms with Crippen molar-refractivity contribution in [3.05, 3.63) is 0 Å². The van der Waals surface area contributed by atoms with Crippen LogP contribution >= 0.6 is 11.8 Å². The van der Waals surface area contributed by atoms with Gasteiger partial charge in [-0.25, -0.2) is 0 Å². The molecule has 1 aliphatic rings. The summed E-state index contributed by atoms with van der Waals surface area (Å²) in [5, 5.41) is 2.76. The number of nitrogens with one attached hydrogen (secondary N) is 1. The fourth-order valence-corrected chi connectivity index (χ4v) is 2.34. The van der Waals surface area contributed by atoms with Crippen LogP contribution in [-0.2, 0) is 9.59 Å². The first-order valence-electron chi connectivity index (χ1n) is 5.75. The van der Waals surface area contributed by atoms with Gasteiger partial charge in [0.05, 0.1) is 6.04 Å². The number of hydrogen-bond donors (Lipinski definition) is 2. The van der Waals surface area contributed by atoms with Gasteiger partial charge in [0.1, 0.15) is 5.54 Å². The molecule has 1 aliphatic heterocycles. The van der Waals surface area contributed by atoms with E-state index in [1.165, 1.54) is 0 Å². The van der Waals surface area contributed by atoms with Gasteiger partial charge in [-0.3, -0.25) is 9.59 Å². The molecular weight excluding hydrogens is 238 g/mol. The molecule has 17 heavy (non-hydrogen) atoms. The van der Waals surface area contributed by atoms with E-state index < -0.39 is 11.6 Å². The highest BCUT2D eigenvalue weighted by Gasteiger charge is 2.41. The monoisotopic (exact) mass is 259 g/mol. The van der Waals surface area contributed by atoms with Crippen molar-refractivity contribution in [2.75, 3.05) is 25.1 Å². The molecule has 0 aromatic rings. The molecule has 1 rings (SSSR count).